The van der Waals surface area contributed by atoms with Crippen LogP contribution in [-0.4, -0.2) is 36.9 Å². The number of carbonyl (C=O) groups is 1. The molecule has 0 radical (unpaired) electrons. The Hall–Kier alpha value is -1.54. The molecule has 0 amide bonds. The molecule has 5 nitrogen and oxygen atoms in total. The maximum absolute atomic E-state index is 13.5. The van der Waals surface area contributed by atoms with Crippen molar-refractivity contribution in [1.29, 1.82) is 0 Å². The molecule has 112 valence electrons. The molecule has 0 aliphatic heterocycles. The van der Waals surface area contributed by atoms with Crippen molar-refractivity contribution in [3.8, 4) is 0 Å². The molecule has 0 aliphatic carbocycles. The number of sulfonamides is 1. The zero-order valence-corrected chi connectivity index (χ0v) is 11.7. The van der Waals surface area contributed by atoms with Gasteiger partial charge in [0.2, 0.25) is 10.0 Å². The number of carboxylic acids is 1. The smallest absolute Gasteiger partial charge is 0.318 e. The van der Waals surface area contributed by atoms with E-state index < -0.39 is 45.5 Å². The molecule has 8 heteroatoms. The Labute approximate surface area is 115 Å². The van der Waals surface area contributed by atoms with Crippen molar-refractivity contribution in [3.63, 3.8) is 0 Å². The fourth-order valence-electron chi connectivity index (χ4n) is 1.66. The van der Waals surface area contributed by atoms with E-state index in [1.807, 2.05) is 0 Å². The van der Waals surface area contributed by atoms with Gasteiger partial charge in [-0.3, -0.25) is 4.79 Å². The standard InChI is InChI=1S/C12H15F2NO4S/c1-2-6-15(7-12(16)17)20(18,19)8-9-10(13)4-3-5-11(9)14/h3-5H,2,6-8H2,1H3,(H,16,17). The quantitative estimate of drug-likeness (QED) is 0.830. The number of hydrogen-bond acceptors (Lipinski definition) is 3. The second-order valence-corrected chi connectivity index (χ2v) is 6.15. The van der Waals surface area contributed by atoms with Gasteiger partial charge in [-0.05, 0) is 18.6 Å². The minimum absolute atomic E-state index is 0.0231. The number of hydrogen-bond donors (Lipinski definition) is 1. The largest absolute Gasteiger partial charge is 0.480 e. The number of nitrogens with zero attached hydrogens (tertiary/aromatic N) is 1. The number of carboxylic acid groups (broad SMARTS) is 1. The zero-order chi connectivity index (χ0) is 15.3. The van der Waals surface area contributed by atoms with Crippen molar-refractivity contribution < 1.29 is 27.1 Å². The minimum atomic E-state index is -4.11. The second-order valence-electron chi connectivity index (χ2n) is 4.18. The summed E-state index contributed by atoms with van der Waals surface area (Å²) in [5.41, 5.74) is -0.584. The summed E-state index contributed by atoms with van der Waals surface area (Å²) in [7, 11) is -4.11. The first-order valence-electron chi connectivity index (χ1n) is 5.90. The van der Waals surface area contributed by atoms with Crippen LogP contribution < -0.4 is 0 Å². The molecule has 0 saturated heterocycles. The first-order chi connectivity index (χ1) is 9.27. The molecule has 0 atom stereocenters. The van der Waals surface area contributed by atoms with E-state index >= 15 is 0 Å². The summed E-state index contributed by atoms with van der Waals surface area (Å²) in [6.07, 6.45) is 0.395. The topological polar surface area (TPSA) is 74.7 Å². The van der Waals surface area contributed by atoms with Crippen molar-refractivity contribution in [2.45, 2.75) is 19.1 Å². The highest BCUT2D eigenvalue weighted by atomic mass is 32.2. The Kier molecular flexibility index (Phi) is 5.58. The third-order valence-electron chi connectivity index (χ3n) is 2.57. The maximum atomic E-state index is 13.5. The van der Waals surface area contributed by atoms with E-state index in [1.54, 1.807) is 6.92 Å². The molecule has 1 aromatic rings. The Morgan fingerprint density at radius 1 is 1.30 bits per heavy atom. The molecular formula is C12H15F2NO4S. The van der Waals surface area contributed by atoms with Crippen molar-refractivity contribution in [3.05, 3.63) is 35.4 Å². The molecule has 0 unspecified atom stereocenters. The molecular weight excluding hydrogens is 292 g/mol. The van der Waals surface area contributed by atoms with E-state index in [4.69, 9.17) is 5.11 Å². The fourth-order valence-corrected chi connectivity index (χ4v) is 3.25. The lowest BCUT2D eigenvalue weighted by Crippen LogP contribution is -2.37. The lowest BCUT2D eigenvalue weighted by atomic mass is 10.2. The molecule has 1 rings (SSSR count). The van der Waals surface area contributed by atoms with E-state index in [0.717, 1.165) is 18.2 Å². The molecule has 0 aromatic heterocycles. The molecule has 20 heavy (non-hydrogen) atoms. The average Bonchev–Trinajstić information content (AvgIpc) is 2.33. The number of benzene rings is 1. The summed E-state index contributed by atoms with van der Waals surface area (Å²) < 4.78 is 51.7. The Morgan fingerprint density at radius 3 is 2.30 bits per heavy atom. The molecule has 0 heterocycles. The highest BCUT2D eigenvalue weighted by Crippen LogP contribution is 2.17. The highest BCUT2D eigenvalue weighted by molar-refractivity contribution is 7.88. The van der Waals surface area contributed by atoms with Crippen molar-refractivity contribution in [2.24, 2.45) is 0 Å². The van der Waals surface area contributed by atoms with Gasteiger partial charge in [0.1, 0.15) is 18.2 Å². The van der Waals surface area contributed by atoms with E-state index in [1.165, 1.54) is 0 Å². The van der Waals surface area contributed by atoms with Crippen LogP contribution in [0.2, 0.25) is 0 Å². The molecule has 0 spiro atoms. The van der Waals surface area contributed by atoms with E-state index in [-0.39, 0.29) is 6.54 Å². The summed E-state index contributed by atoms with van der Waals surface area (Å²) in [5, 5.41) is 8.69. The summed E-state index contributed by atoms with van der Waals surface area (Å²) in [6, 6.07) is 3.03. The first kappa shape index (κ1) is 16.5. The van der Waals surface area contributed by atoms with Crippen molar-refractivity contribution in [2.75, 3.05) is 13.1 Å². The predicted octanol–water partition coefficient (Wildman–Crippen LogP) is 1.59. The van der Waals surface area contributed by atoms with Crippen LogP contribution in [0.1, 0.15) is 18.9 Å². The first-order valence-corrected chi connectivity index (χ1v) is 7.51. The summed E-state index contributed by atoms with van der Waals surface area (Å²) in [5.74, 6) is -4.17. The fraction of sp³-hybridized carbons (Fsp3) is 0.417. The molecule has 1 N–H and O–H groups in total. The number of rotatable bonds is 7. The van der Waals surface area contributed by atoms with Gasteiger partial charge in [-0.15, -0.1) is 0 Å². The predicted molar refractivity (Wildman–Crippen MR) is 68.5 cm³/mol. The van der Waals surface area contributed by atoms with Gasteiger partial charge in [-0.2, -0.15) is 4.31 Å². The summed E-state index contributed by atoms with van der Waals surface area (Å²) in [4.78, 5) is 10.7. The van der Waals surface area contributed by atoms with Gasteiger partial charge < -0.3 is 5.11 Å². The lowest BCUT2D eigenvalue weighted by Gasteiger charge is -2.19. The minimum Gasteiger partial charge on any atom is -0.480 e. The van der Waals surface area contributed by atoms with Crippen LogP contribution in [0.15, 0.2) is 18.2 Å². The van der Waals surface area contributed by atoms with E-state index in [0.29, 0.717) is 10.7 Å². The molecule has 0 saturated carbocycles. The van der Waals surface area contributed by atoms with Crippen LogP contribution in [0.25, 0.3) is 0 Å². The van der Waals surface area contributed by atoms with Crippen LogP contribution in [0, 0.1) is 11.6 Å². The van der Waals surface area contributed by atoms with Gasteiger partial charge in [0.25, 0.3) is 0 Å². The van der Waals surface area contributed by atoms with Gasteiger partial charge >= 0.3 is 5.97 Å². The highest BCUT2D eigenvalue weighted by Gasteiger charge is 2.26. The Bertz CT molecular complexity index is 569. The van der Waals surface area contributed by atoms with Crippen LogP contribution in [0.3, 0.4) is 0 Å². The lowest BCUT2D eigenvalue weighted by molar-refractivity contribution is -0.137. The van der Waals surface area contributed by atoms with E-state index in [9.17, 15) is 22.0 Å². The van der Waals surface area contributed by atoms with Crippen LogP contribution in [0.4, 0.5) is 8.78 Å². The third kappa shape index (κ3) is 4.24. The molecule has 0 aliphatic rings. The van der Waals surface area contributed by atoms with Crippen molar-refractivity contribution in [1.82, 2.24) is 4.31 Å². The number of aliphatic carboxylic acids is 1. The monoisotopic (exact) mass is 307 g/mol. The molecule has 0 bridgehead atoms. The average molecular weight is 307 g/mol. The number of halogens is 2. The van der Waals surface area contributed by atoms with Gasteiger partial charge in [0.15, 0.2) is 0 Å². The molecule has 1 aromatic carbocycles. The van der Waals surface area contributed by atoms with Crippen LogP contribution in [0.5, 0.6) is 0 Å². The van der Waals surface area contributed by atoms with E-state index in [2.05, 4.69) is 0 Å². The van der Waals surface area contributed by atoms with Crippen molar-refractivity contribution >= 4 is 16.0 Å². The van der Waals surface area contributed by atoms with Crippen LogP contribution >= 0.6 is 0 Å². The van der Waals surface area contributed by atoms with Crippen LogP contribution in [-0.2, 0) is 20.6 Å². The summed E-state index contributed by atoms with van der Waals surface area (Å²) in [6.45, 7) is 0.922. The van der Waals surface area contributed by atoms with Gasteiger partial charge in [0.05, 0.1) is 5.75 Å². The third-order valence-corrected chi connectivity index (χ3v) is 4.32. The maximum Gasteiger partial charge on any atom is 0.318 e. The van der Waals surface area contributed by atoms with Gasteiger partial charge in [0, 0.05) is 12.1 Å². The summed E-state index contributed by atoms with van der Waals surface area (Å²) >= 11 is 0. The zero-order valence-electron chi connectivity index (χ0n) is 10.8. The SMILES string of the molecule is CCCN(CC(=O)O)S(=O)(=O)Cc1c(F)cccc1F. The normalized spacial score (nSPS) is 11.8. The van der Waals surface area contributed by atoms with Gasteiger partial charge in [-0.1, -0.05) is 13.0 Å². The van der Waals surface area contributed by atoms with Gasteiger partial charge in [-0.25, -0.2) is 17.2 Å². The Morgan fingerprint density at radius 2 is 1.85 bits per heavy atom. The Balaban J connectivity index is 3.05. The molecule has 0 fully saturated rings. The second kappa shape index (κ2) is 6.76.